The van der Waals surface area contributed by atoms with Crippen molar-refractivity contribution in [3.05, 3.63) is 11.6 Å². The number of rotatable bonds is 4. The molecule has 3 nitrogen and oxygen atoms in total. The lowest BCUT2D eigenvalue weighted by Crippen LogP contribution is -2.50. The minimum absolute atomic E-state index is 0.0167. The first-order valence-electron chi connectivity index (χ1n) is 4.42. The average Bonchev–Trinajstić information content (AvgIpc) is 2.00. The van der Waals surface area contributed by atoms with Crippen LogP contribution in [0.3, 0.4) is 0 Å². The van der Waals surface area contributed by atoms with Crippen LogP contribution in [0, 0.1) is 5.41 Å². The summed E-state index contributed by atoms with van der Waals surface area (Å²) in [6.07, 6.45) is 2.88. The third kappa shape index (κ3) is 2.23. The maximum absolute atomic E-state index is 11.6. The Kier molecular flexibility index (Phi) is 3.33. The summed E-state index contributed by atoms with van der Waals surface area (Å²) in [4.78, 5) is 11.6. The predicted octanol–water partition coefficient (Wildman–Crippen LogP) is 0.984. The van der Waals surface area contributed by atoms with Gasteiger partial charge in [-0.25, -0.2) is 0 Å². The van der Waals surface area contributed by atoms with Crippen LogP contribution in [-0.2, 0) is 4.79 Å². The summed E-state index contributed by atoms with van der Waals surface area (Å²) in [6.45, 7) is 4.26. The summed E-state index contributed by atoms with van der Waals surface area (Å²) < 4.78 is 0. The van der Waals surface area contributed by atoms with E-state index in [0.717, 1.165) is 19.3 Å². The Morgan fingerprint density at radius 3 is 2.54 bits per heavy atom. The molecule has 13 heavy (non-hydrogen) atoms. The van der Waals surface area contributed by atoms with Gasteiger partial charge in [-0.3, -0.25) is 4.79 Å². The largest absolute Gasteiger partial charge is 0.351 e. The Balaban J connectivity index is 2.41. The first-order valence-corrected chi connectivity index (χ1v) is 4.80. The molecule has 0 saturated heterocycles. The van der Waals surface area contributed by atoms with Crippen molar-refractivity contribution < 1.29 is 4.79 Å². The van der Waals surface area contributed by atoms with Gasteiger partial charge in [0.1, 0.15) is 0 Å². The van der Waals surface area contributed by atoms with E-state index in [9.17, 15) is 4.79 Å². The third-order valence-corrected chi connectivity index (χ3v) is 2.76. The number of hydrogen-bond donors (Lipinski definition) is 2. The lowest BCUT2D eigenvalue weighted by molar-refractivity contribution is -0.134. The summed E-state index contributed by atoms with van der Waals surface area (Å²) in [6, 6.07) is 0. The van der Waals surface area contributed by atoms with Gasteiger partial charge in [0.05, 0.1) is 12.0 Å². The fourth-order valence-corrected chi connectivity index (χ4v) is 1.56. The molecular weight excluding hydrogens is 188 g/mol. The predicted molar refractivity (Wildman–Crippen MR) is 53.3 cm³/mol. The van der Waals surface area contributed by atoms with Crippen LogP contribution in [0.5, 0.6) is 0 Å². The Hall–Kier alpha value is -0.540. The molecule has 0 atom stereocenters. The van der Waals surface area contributed by atoms with Crippen LogP contribution in [0.4, 0.5) is 0 Å². The molecule has 0 heterocycles. The molecular formula is C9H15ClN2O. The Morgan fingerprint density at radius 2 is 2.23 bits per heavy atom. The number of hydrogen-bond acceptors (Lipinski definition) is 2. The molecule has 0 radical (unpaired) electrons. The monoisotopic (exact) mass is 202 g/mol. The molecule has 0 aromatic rings. The molecule has 4 heteroatoms. The van der Waals surface area contributed by atoms with Gasteiger partial charge in [-0.1, -0.05) is 24.6 Å². The Bertz CT molecular complexity index is 218. The molecule has 3 N–H and O–H groups in total. The van der Waals surface area contributed by atoms with Crippen molar-refractivity contribution in [3.8, 4) is 0 Å². The normalized spacial score (nSPS) is 18.9. The minimum atomic E-state index is -0.313. The molecule has 74 valence electrons. The van der Waals surface area contributed by atoms with Gasteiger partial charge < -0.3 is 11.1 Å². The first kappa shape index (κ1) is 10.5. The van der Waals surface area contributed by atoms with Crippen molar-refractivity contribution >= 4 is 17.5 Å². The summed E-state index contributed by atoms with van der Waals surface area (Å²) in [5.74, 6) is 0.0167. The van der Waals surface area contributed by atoms with E-state index in [1.54, 1.807) is 0 Å². The minimum Gasteiger partial charge on any atom is -0.351 e. The van der Waals surface area contributed by atoms with E-state index in [2.05, 4.69) is 11.9 Å². The van der Waals surface area contributed by atoms with E-state index in [-0.39, 0.29) is 11.3 Å². The third-order valence-electron chi connectivity index (χ3n) is 2.62. The molecule has 0 aromatic carbocycles. The summed E-state index contributed by atoms with van der Waals surface area (Å²) in [5, 5.41) is 3.17. The smallest absolute Gasteiger partial charge is 0.227 e. The topological polar surface area (TPSA) is 55.1 Å². The zero-order valence-electron chi connectivity index (χ0n) is 7.61. The molecule has 0 bridgehead atoms. The number of carbonyl (C=O) groups is 1. The number of carbonyl (C=O) groups excluding carboxylic acids is 1. The van der Waals surface area contributed by atoms with Crippen LogP contribution < -0.4 is 11.1 Å². The summed E-state index contributed by atoms with van der Waals surface area (Å²) in [7, 11) is 0. The molecule has 0 aromatic heterocycles. The standard InChI is InChI=1S/C9H15ClN2O/c1-7(10)5-12-8(13)9(6-11)3-2-4-9/h1-6,11H2,(H,12,13). The highest BCUT2D eigenvalue weighted by molar-refractivity contribution is 6.29. The van der Waals surface area contributed by atoms with Crippen LogP contribution in [0.2, 0.25) is 0 Å². The van der Waals surface area contributed by atoms with E-state index in [0.29, 0.717) is 18.1 Å². The van der Waals surface area contributed by atoms with Gasteiger partial charge in [0.15, 0.2) is 0 Å². The highest BCUT2D eigenvalue weighted by Gasteiger charge is 2.42. The second kappa shape index (κ2) is 4.11. The first-order chi connectivity index (χ1) is 6.10. The molecule has 1 rings (SSSR count). The molecule has 0 spiro atoms. The summed E-state index contributed by atoms with van der Waals surface area (Å²) >= 11 is 5.54. The maximum atomic E-state index is 11.6. The van der Waals surface area contributed by atoms with E-state index in [1.807, 2.05) is 0 Å². The van der Waals surface area contributed by atoms with Gasteiger partial charge in [0.2, 0.25) is 5.91 Å². The SMILES string of the molecule is C=C(Cl)CNC(=O)C1(CN)CCC1. The quantitative estimate of drug-likeness (QED) is 0.714. The average molecular weight is 203 g/mol. The lowest BCUT2D eigenvalue weighted by Gasteiger charge is -2.39. The zero-order chi connectivity index (χ0) is 9.90. The van der Waals surface area contributed by atoms with Gasteiger partial charge in [0, 0.05) is 11.6 Å². The number of halogens is 1. The van der Waals surface area contributed by atoms with Crippen LogP contribution in [-0.4, -0.2) is 19.0 Å². The number of nitrogens with two attached hydrogens (primary N) is 1. The van der Waals surface area contributed by atoms with Gasteiger partial charge in [-0.2, -0.15) is 0 Å². The van der Waals surface area contributed by atoms with Gasteiger partial charge in [0.25, 0.3) is 0 Å². The number of amides is 1. The van der Waals surface area contributed by atoms with Crippen molar-refractivity contribution in [2.45, 2.75) is 19.3 Å². The van der Waals surface area contributed by atoms with E-state index >= 15 is 0 Å². The lowest BCUT2D eigenvalue weighted by atomic mass is 9.68. The van der Waals surface area contributed by atoms with E-state index < -0.39 is 0 Å². The maximum Gasteiger partial charge on any atom is 0.227 e. The van der Waals surface area contributed by atoms with Crippen LogP contribution >= 0.6 is 11.6 Å². The van der Waals surface area contributed by atoms with Gasteiger partial charge >= 0.3 is 0 Å². The van der Waals surface area contributed by atoms with Crippen LogP contribution in [0.1, 0.15) is 19.3 Å². The molecule has 1 aliphatic carbocycles. The van der Waals surface area contributed by atoms with Crippen molar-refractivity contribution in [2.75, 3.05) is 13.1 Å². The fraction of sp³-hybridized carbons (Fsp3) is 0.667. The molecule has 0 unspecified atom stereocenters. The van der Waals surface area contributed by atoms with Gasteiger partial charge in [-0.05, 0) is 12.8 Å². The molecule has 1 amide bonds. The molecule has 1 aliphatic rings. The summed E-state index contributed by atoms with van der Waals surface area (Å²) in [5.41, 5.74) is 5.25. The van der Waals surface area contributed by atoms with E-state index in [4.69, 9.17) is 17.3 Å². The number of nitrogens with one attached hydrogen (secondary N) is 1. The van der Waals surface area contributed by atoms with Crippen molar-refractivity contribution in [1.82, 2.24) is 5.32 Å². The van der Waals surface area contributed by atoms with Crippen molar-refractivity contribution in [3.63, 3.8) is 0 Å². The molecule has 0 aliphatic heterocycles. The Morgan fingerprint density at radius 1 is 1.62 bits per heavy atom. The molecule has 1 fully saturated rings. The highest BCUT2D eigenvalue weighted by Crippen LogP contribution is 2.39. The fourth-order valence-electron chi connectivity index (χ4n) is 1.49. The van der Waals surface area contributed by atoms with Crippen LogP contribution in [0.25, 0.3) is 0 Å². The van der Waals surface area contributed by atoms with Crippen molar-refractivity contribution in [2.24, 2.45) is 11.1 Å². The van der Waals surface area contributed by atoms with Crippen LogP contribution in [0.15, 0.2) is 11.6 Å². The zero-order valence-corrected chi connectivity index (χ0v) is 8.36. The van der Waals surface area contributed by atoms with E-state index in [1.165, 1.54) is 0 Å². The molecule has 1 saturated carbocycles. The highest BCUT2D eigenvalue weighted by atomic mass is 35.5. The van der Waals surface area contributed by atoms with Gasteiger partial charge in [-0.15, -0.1) is 0 Å². The Labute approximate surface area is 83.3 Å². The second-order valence-electron chi connectivity index (χ2n) is 3.54. The second-order valence-corrected chi connectivity index (χ2v) is 4.07. The van der Waals surface area contributed by atoms with Crippen molar-refractivity contribution in [1.29, 1.82) is 0 Å².